The van der Waals surface area contributed by atoms with Gasteiger partial charge in [0.1, 0.15) is 18.1 Å². The molecule has 39 heavy (non-hydrogen) atoms. The maximum absolute atomic E-state index is 13.6. The molecule has 0 saturated carbocycles. The van der Waals surface area contributed by atoms with E-state index in [9.17, 15) is 29.1 Å². The van der Waals surface area contributed by atoms with E-state index in [-0.39, 0.29) is 25.3 Å². The van der Waals surface area contributed by atoms with Gasteiger partial charge >= 0.3 is 11.9 Å². The van der Waals surface area contributed by atoms with Crippen LogP contribution in [0.25, 0.3) is 10.9 Å². The van der Waals surface area contributed by atoms with Crippen LogP contribution in [0.2, 0.25) is 0 Å². The molecule has 7 N–H and O–H groups in total. The van der Waals surface area contributed by atoms with Crippen molar-refractivity contribution in [2.24, 2.45) is 11.7 Å². The normalized spacial score (nSPS) is 18.2. The predicted octanol–water partition coefficient (Wildman–Crippen LogP) is 0.994. The molecule has 3 amide bonds. The van der Waals surface area contributed by atoms with Gasteiger partial charge in [-0.2, -0.15) is 0 Å². The van der Waals surface area contributed by atoms with Crippen LogP contribution < -0.4 is 16.4 Å². The first-order valence-corrected chi connectivity index (χ1v) is 13.2. The molecule has 1 saturated heterocycles. The van der Waals surface area contributed by atoms with E-state index in [1.54, 1.807) is 0 Å². The van der Waals surface area contributed by atoms with Gasteiger partial charge in [-0.25, -0.2) is 4.79 Å². The lowest BCUT2D eigenvalue weighted by Crippen LogP contribution is -2.58. The number of carbonyl (C=O) groups is 5. The molecule has 12 nitrogen and oxygen atoms in total. The fraction of sp³-hybridized carbons (Fsp3) is 0.519. The Labute approximate surface area is 226 Å². The number of benzene rings is 1. The third-order valence-electron chi connectivity index (χ3n) is 7.33. The molecule has 2 heterocycles. The van der Waals surface area contributed by atoms with Crippen molar-refractivity contribution >= 4 is 40.6 Å². The van der Waals surface area contributed by atoms with Gasteiger partial charge in [-0.1, -0.05) is 38.5 Å². The van der Waals surface area contributed by atoms with Crippen LogP contribution in [0.4, 0.5) is 0 Å². The Bertz CT molecular complexity index is 1210. The smallest absolute Gasteiger partial charge is 0.326 e. The Morgan fingerprint density at radius 3 is 2.54 bits per heavy atom. The number of rotatable bonds is 13. The molecule has 0 bridgehead atoms. The Morgan fingerprint density at radius 2 is 1.87 bits per heavy atom. The first kappa shape index (κ1) is 29.6. The summed E-state index contributed by atoms with van der Waals surface area (Å²) in [6.07, 6.45) is 2.79. The van der Waals surface area contributed by atoms with Crippen LogP contribution in [-0.4, -0.2) is 80.5 Å². The summed E-state index contributed by atoms with van der Waals surface area (Å²) in [6.45, 7) is 3.98. The number of amides is 3. The number of aromatic nitrogens is 1. The van der Waals surface area contributed by atoms with Crippen LogP contribution in [0.5, 0.6) is 0 Å². The van der Waals surface area contributed by atoms with E-state index >= 15 is 0 Å². The number of hydrogen-bond donors (Lipinski definition) is 6. The lowest BCUT2D eigenvalue weighted by Gasteiger charge is -2.32. The van der Waals surface area contributed by atoms with E-state index < -0.39 is 60.2 Å². The van der Waals surface area contributed by atoms with Crippen molar-refractivity contribution < 1.29 is 34.2 Å². The monoisotopic (exact) mass is 543 g/mol. The first-order valence-electron chi connectivity index (χ1n) is 13.2. The molecule has 1 aromatic carbocycles. The molecule has 212 valence electrons. The summed E-state index contributed by atoms with van der Waals surface area (Å²) in [4.78, 5) is 66.6. The minimum atomic E-state index is -1.39. The number of fused-ring (bicyclic) bond motifs is 1. The van der Waals surface area contributed by atoms with Gasteiger partial charge in [0, 0.05) is 30.1 Å². The first-order chi connectivity index (χ1) is 18.5. The molecule has 0 radical (unpaired) electrons. The molecular formula is C27H37N5O7. The summed E-state index contributed by atoms with van der Waals surface area (Å²) >= 11 is 0. The number of nitrogens with zero attached hydrogens (tertiary/aromatic N) is 1. The highest BCUT2D eigenvalue weighted by molar-refractivity contribution is 5.95. The largest absolute Gasteiger partial charge is 0.481 e. The summed E-state index contributed by atoms with van der Waals surface area (Å²) in [5.41, 5.74) is 8.05. The molecule has 0 spiro atoms. The summed E-state index contributed by atoms with van der Waals surface area (Å²) in [7, 11) is 0. The van der Waals surface area contributed by atoms with Crippen molar-refractivity contribution in [1.29, 1.82) is 0 Å². The lowest BCUT2D eigenvalue weighted by atomic mass is 9.96. The van der Waals surface area contributed by atoms with Gasteiger partial charge in [0.25, 0.3) is 0 Å². The molecule has 1 aromatic heterocycles. The highest BCUT2D eigenvalue weighted by Gasteiger charge is 2.40. The Balaban J connectivity index is 1.69. The van der Waals surface area contributed by atoms with Crippen molar-refractivity contribution in [3.05, 3.63) is 36.0 Å². The molecule has 1 fully saturated rings. The van der Waals surface area contributed by atoms with Gasteiger partial charge in [-0.15, -0.1) is 0 Å². The average Bonchev–Trinajstić information content (AvgIpc) is 3.56. The Morgan fingerprint density at radius 1 is 1.15 bits per heavy atom. The molecule has 12 heteroatoms. The quantitative estimate of drug-likeness (QED) is 0.215. The van der Waals surface area contributed by atoms with Crippen LogP contribution in [0.1, 0.15) is 51.5 Å². The second-order valence-corrected chi connectivity index (χ2v) is 10.1. The van der Waals surface area contributed by atoms with E-state index in [0.29, 0.717) is 19.3 Å². The third kappa shape index (κ3) is 7.34. The lowest BCUT2D eigenvalue weighted by molar-refractivity contribution is -0.146. The van der Waals surface area contributed by atoms with Gasteiger partial charge < -0.3 is 36.5 Å². The molecule has 2 aromatic rings. The van der Waals surface area contributed by atoms with Crippen molar-refractivity contribution in [1.82, 2.24) is 20.5 Å². The van der Waals surface area contributed by atoms with E-state index in [1.807, 2.05) is 44.3 Å². The maximum atomic E-state index is 13.6. The average molecular weight is 544 g/mol. The van der Waals surface area contributed by atoms with Crippen LogP contribution in [0, 0.1) is 5.92 Å². The number of carbonyl (C=O) groups excluding carboxylic acids is 3. The second-order valence-electron chi connectivity index (χ2n) is 10.1. The third-order valence-corrected chi connectivity index (χ3v) is 7.33. The summed E-state index contributed by atoms with van der Waals surface area (Å²) in [5, 5.41) is 24.4. The molecule has 0 aliphatic carbocycles. The number of hydrogen-bond acceptors (Lipinski definition) is 6. The van der Waals surface area contributed by atoms with Crippen LogP contribution in [-0.2, 0) is 30.4 Å². The summed E-state index contributed by atoms with van der Waals surface area (Å²) in [5.74, 6) is -4.37. The number of aliphatic carboxylic acids is 2. The second kappa shape index (κ2) is 13.2. The Kier molecular flexibility index (Phi) is 10.0. The summed E-state index contributed by atoms with van der Waals surface area (Å²) in [6, 6.07) is 3.52. The zero-order valence-electron chi connectivity index (χ0n) is 22.2. The zero-order chi connectivity index (χ0) is 28.7. The fourth-order valence-electron chi connectivity index (χ4n) is 4.85. The number of nitrogens with two attached hydrogens (primary N) is 1. The molecular weight excluding hydrogens is 506 g/mol. The van der Waals surface area contributed by atoms with Gasteiger partial charge in [-0.3, -0.25) is 19.2 Å². The number of likely N-dealkylation sites (tertiary alicyclic amines) is 1. The molecule has 3 rings (SSSR count). The minimum Gasteiger partial charge on any atom is -0.481 e. The summed E-state index contributed by atoms with van der Waals surface area (Å²) < 4.78 is 0. The number of carboxylic acids is 2. The van der Waals surface area contributed by atoms with E-state index in [1.165, 1.54) is 4.90 Å². The van der Waals surface area contributed by atoms with E-state index in [0.717, 1.165) is 16.5 Å². The highest BCUT2D eigenvalue weighted by Crippen LogP contribution is 2.23. The predicted molar refractivity (Wildman–Crippen MR) is 143 cm³/mol. The van der Waals surface area contributed by atoms with Crippen molar-refractivity contribution in [3.8, 4) is 0 Å². The number of para-hydroxylation sites is 1. The van der Waals surface area contributed by atoms with Gasteiger partial charge in [0.05, 0.1) is 6.04 Å². The van der Waals surface area contributed by atoms with Gasteiger partial charge in [0.2, 0.25) is 17.7 Å². The van der Waals surface area contributed by atoms with Crippen molar-refractivity contribution in [2.45, 2.75) is 76.5 Å². The van der Waals surface area contributed by atoms with Crippen LogP contribution in [0.3, 0.4) is 0 Å². The minimum absolute atomic E-state index is 0.256. The SMILES string of the molecule is CCC(C)C(NC(=O)C(N)Cc1c[nH]c2ccccc12)C(=O)N1CCCC1C(=O)NC(CCC(=O)O)C(=O)O. The molecule has 1 aliphatic rings. The van der Waals surface area contributed by atoms with Crippen molar-refractivity contribution in [3.63, 3.8) is 0 Å². The maximum Gasteiger partial charge on any atom is 0.326 e. The zero-order valence-corrected chi connectivity index (χ0v) is 22.2. The van der Waals surface area contributed by atoms with Crippen LogP contribution >= 0.6 is 0 Å². The number of nitrogens with one attached hydrogen (secondary N) is 3. The van der Waals surface area contributed by atoms with Gasteiger partial charge in [-0.05, 0) is 43.2 Å². The number of carboxylic acid groups (broad SMARTS) is 2. The molecule has 5 unspecified atom stereocenters. The topological polar surface area (TPSA) is 195 Å². The molecule has 1 aliphatic heterocycles. The standard InChI is InChI=1S/C27H37N5O7/c1-3-15(2)23(31-24(35)18(28)13-16-14-29-19-8-5-4-7-17(16)19)26(37)32-12-6-9-21(32)25(36)30-20(27(38)39)10-11-22(33)34/h4-5,7-8,14-15,18,20-21,23,29H,3,6,9-13,28H2,1-2H3,(H,30,36)(H,31,35)(H,33,34)(H,38,39). The van der Waals surface area contributed by atoms with E-state index in [4.69, 9.17) is 10.8 Å². The number of H-pyrrole nitrogens is 1. The van der Waals surface area contributed by atoms with Crippen LogP contribution in [0.15, 0.2) is 30.5 Å². The highest BCUT2D eigenvalue weighted by atomic mass is 16.4. The Hall–Kier alpha value is -3.93. The van der Waals surface area contributed by atoms with Gasteiger partial charge in [0.15, 0.2) is 0 Å². The van der Waals surface area contributed by atoms with Crippen molar-refractivity contribution in [2.75, 3.05) is 6.54 Å². The fourth-order valence-corrected chi connectivity index (χ4v) is 4.85. The number of aromatic amines is 1. The van der Waals surface area contributed by atoms with E-state index in [2.05, 4.69) is 15.6 Å². The molecule has 5 atom stereocenters.